The first-order valence-electron chi connectivity index (χ1n) is 1.22. The van der Waals surface area contributed by atoms with Gasteiger partial charge in [-0.1, -0.05) is 0 Å². The van der Waals surface area contributed by atoms with E-state index in [1.54, 1.807) is 0 Å². The topological polar surface area (TPSA) is 69.2 Å². The minimum absolute atomic E-state index is 0. The van der Waals surface area contributed by atoms with Crippen LogP contribution in [0.25, 0.3) is 0 Å². The Labute approximate surface area is 82.9 Å². The van der Waals surface area contributed by atoms with E-state index in [1.807, 2.05) is 0 Å². The zero-order chi connectivity index (χ0) is 6.00. The van der Waals surface area contributed by atoms with Crippen LogP contribution in [-0.2, 0) is 17.1 Å². The molecule has 0 bridgehead atoms. The summed E-state index contributed by atoms with van der Waals surface area (Å²) >= 11 is 0. The molecule has 8 heavy (non-hydrogen) atoms. The molecule has 0 unspecified atom stereocenters. The van der Waals surface area contributed by atoms with Crippen molar-refractivity contribution in [2.24, 2.45) is 0 Å². The summed E-state index contributed by atoms with van der Waals surface area (Å²) in [7, 11) is 2.25. The van der Waals surface area contributed by atoms with E-state index in [2.05, 4.69) is 0 Å². The van der Waals surface area contributed by atoms with Gasteiger partial charge in [-0.15, -0.1) is 0 Å². The summed E-state index contributed by atoms with van der Waals surface area (Å²) in [5.74, 6) is 0. The third kappa shape index (κ3) is 155. The van der Waals surface area contributed by atoms with Crippen molar-refractivity contribution in [2.45, 2.75) is 0 Å². The van der Waals surface area contributed by atoms with Gasteiger partial charge in [0, 0.05) is 0 Å². The molecule has 0 rings (SSSR count). The summed E-state index contributed by atoms with van der Waals surface area (Å²) in [6, 6.07) is 0. The van der Waals surface area contributed by atoms with Gasteiger partial charge in [0.05, 0.1) is 0 Å². The number of rotatable bonds is 0. The van der Waals surface area contributed by atoms with E-state index in [9.17, 15) is 0 Å². The van der Waals surface area contributed by atoms with E-state index in [0.717, 1.165) is 21.3 Å². The van der Waals surface area contributed by atoms with Crippen LogP contribution in [0.5, 0.6) is 0 Å². The summed E-state index contributed by atoms with van der Waals surface area (Å²) in [5, 5.41) is 24.8. The molecule has 0 atom stereocenters. The fraction of sp³-hybridized carbons (Fsp3) is 1.00. The third-order valence-corrected chi connectivity index (χ3v) is 0. The monoisotopic (exact) mass is 179 g/mol. The van der Waals surface area contributed by atoms with Crippen LogP contribution in [-0.4, -0.2) is 21.3 Å². The first-order chi connectivity index (χ1) is 3.00. The van der Waals surface area contributed by atoms with Gasteiger partial charge < -0.3 is 15.3 Å². The van der Waals surface area contributed by atoms with Gasteiger partial charge in [0.25, 0.3) is 0 Å². The number of hydrogen-bond donors (Lipinski definition) is 0. The summed E-state index contributed by atoms with van der Waals surface area (Å²) in [6.07, 6.45) is 0. The normalized spacial score (nSPS) is 2.25. The van der Waals surface area contributed by atoms with Crippen LogP contribution < -0.4 is 44.9 Å². The maximum Gasteiger partial charge on any atom is 2.00 e. The van der Waals surface area contributed by atoms with Crippen LogP contribution in [0, 0.1) is 0 Å². The molecule has 0 aliphatic carbocycles. The Morgan fingerprint density at radius 2 is 0.625 bits per heavy atom. The van der Waals surface area contributed by atoms with E-state index in [4.69, 9.17) is 15.3 Å². The Bertz CT molecular complexity index is 14.5. The van der Waals surface area contributed by atoms with Crippen LogP contribution >= 0.6 is 0 Å². The quantitative estimate of drug-likeness (QED) is 0.348. The predicted octanol–water partition coefficient (Wildman–Crippen LogP) is -6.07. The molecule has 0 N–H and O–H groups in total. The molecule has 0 aromatic carbocycles. The minimum atomic E-state index is 0. The van der Waals surface area contributed by atoms with E-state index >= 15 is 0 Å². The molecule has 0 saturated carbocycles. The molecular formula is C3H9CuNaO3. The van der Waals surface area contributed by atoms with E-state index < -0.39 is 0 Å². The molecule has 0 aliphatic rings. The summed E-state index contributed by atoms with van der Waals surface area (Å²) < 4.78 is 0. The zero-order valence-corrected chi connectivity index (χ0v) is 8.47. The second kappa shape index (κ2) is 235. The average molecular weight is 180 g/mol. The van der Waals surface area contributed by atoms with Crippen molar-refractivity contribution in [3.05, 3.63) is 0 Å². The second-order valence-corrected chi connectivity index (χ2v) is 0. The molecule has 51 valence electrons. The maximum atomic E-state index is 8.25. The third-order valence-electron chi connectivity index (χ3n) is 0. The van der Waals surface area contributed by atoms with Crippen LogP contribution in [0.1, 0.15) is 0 Å². The van der Waals surface area contributed by atoms with E-state index in [1.165, 1.54) is 0 Å². The van der Waals surface area contributed by atoms with Gasteiger partial charge in [0.1, 0.15) is 0 Å². The van der Waals surface area contributed by atoms with Crippen molar-refractivity contribution >= 4 is 0 Å². The summed E-state index contributed by atoms with van der Waals surface area (Å²) in [4.78, 5) is 0. The van der Waals surface area contributed by atoms with Gasteiger partial charge in [0.15, 0.2) is 0 Å². The predicted molar refractivity (Wildman–Crippen MR) is 17.8 cm³/mol. The fourth-order valence-corrected chi connectivity index (χ4v) is 0. The number of hydrogen-bond acceptors (Lipinski definition) is 3. The first-order valence-corrected chi connectivity index (χ1v) is 1.22. The van der Waals surface area contributed by atoms with Crippen molar-refractivity contribution < 1.29 is 61.9 Å². The molecule has 3 nitrogen and oxygen atoms in total. The Kier molecular flexibility index (Phi) is 1010. The Morgan fingerprint density at radius 1 is 0.625 bits per heavy atom. The molecule has 0 aromatic heterocycles. The molecule has 1 radical (unpaired) electrons. The molecule has 0 saturated heterocycles. The Balaban J connectivity index is -0.00000000500. The van der Waals surface area contributed by atoms with Gasteiger partial charge >= 0.3 is 46.6 Å². The van der Waals surface area contributed by atoms with E-state index in [0.29, 0.717) is 0 Å². The molecule has 0 amide bonds. The SMILES string of the molecule is C[O-].C[O-].C[O-].[Cu+2].[Na+]. The Hall–Kier alpha value is 1.40. The van der Waals surface area contributed by atoms with Crippen molar-refractivity contribution in [3.63, 3.8) is 0 Å². The summed E-state index contributed by atoms with van der Waals surface area (Å²) in [5.41, 5.74) is 0. The maximum absolute atomic E-state index is 8.25. The van der Waals surface area contributed by atoms with Crippen LogP contribution in [0.15, 0.2) is 0 Å². The molecule has 0 heterocycles. The van der Waals surface area contributed by atoms with Gasteiger partial charge in [-0.2, -0.15) is 21.3 Å². The average Bonchev–Trinajstić information content (AvgIpc) is 1.81. The first kappa shape index (κ1) is 34.3. The Morgan fingerprint density at radius 3 is 0.625 bits per heavy atom. The molecule has 0 aromatic rings. The van der Waals surface area contributed by atoms with Gasteiger partial charge in [-0.25, -0.2) is 0 Å². The van der Waals surface area contributed by atoms with Gasteiger partial charge in [-0.3, -0.25) is 0 Å². The minimum Gasteiger partial charge on any atom is -0.857 e. The molecule has 0 fully saturated rings. The molecule has 5 heteroatoms. The fourth-order valence-electron chi connectivity index (χ4n) is 0. The van der Waals surface area contributed by atoms with E-state index in [-0.39, 0.29) is 46.6 Å². The van der Waals surface area contributed by atoms with Crippen molar-refractivity contribution in [1.29, 1.82) is 0 Å². The standard InChI is InChI=1S/3CH3O.Cu.Na/c3*1-2;;/h3*1H3;;/q3*-1;+2;+1. The van der Waals surface area contributed by atoms with Crippen molar-refractivity contribution in [1.82, 2.24) is 0 Å². The summed E-state index contributed by atoms with van der Waals surface area (Å²) in [6.45, 7) is 0. The molecular weight excluding hydrogens is 171 g/mol. The van der Waals surface area contributed by atoms with Crippen molar-refractivity contribution in [3.8, 4) is 0 Å². The van der Waals surface area contributed by atoms with Gasteiger partial charge in [0.2, 0.25) is 0 Å². The van der Waals surface area contributed by atoms with Crippen LogP contribution in [0.2, 0.25) is 0 Å². The van der Waals surface area contributed by atoms with Crippen molar-refractivity contribution in [2.75, 3.05) is 21.3 Å². The molecule has 0 aliphatic heterocycles. The van der Waals surface area contributed by atoms with Gasteiger partial charge in [-0.05, 0) is 0 Å². The zero-order valence-electron chi connectivity index (χ0n) is 5.53. The smallest absolute Gasteiger partial charge is 0.857 e. The second-order valence-electron chi connectivity index (χ2n) is 0. The largest absolute Gasteiger partial charge is 2.00 e. The van der Waals surface area contributed by atoms with Crippen LogP contribution in [0.4, 0.5) is 0 Å². The molecule has 0 spiro atoms. The van der Waals surface area contributed by atoms with Crippen LogP contribution in [0.3, 0.4) is 0 Å².